The predicted octanol–water partition coefficient (Wildman–Crippen LogP) is 3.13. The molecule has 0 aliphatic rings. The maximum Gasteiger partial charge on any atom is 0.251 e. The van der Waals surface area contributed by atoms with Crippen LogP contribution in [0.2, 0.25) is 5.02 Å². The van der Waals surface area contributed by atoms with Crippen molar-refractivity contribution in [2.45, 2.75) is 6.92 Å². The second-order valence-electron chi connectivity index (χ2n) is 5.13. The number of amides is 2. The van der Waals surface area contributed by atoms with E-state index in [1.54, 1.807) is 42.3 Å². The molecule has 0 aromatic heterocycles. The van der Waals surface area contributed by atoms with Crippen molar-refractivity contribution in [3.63, 3.8) is 0 Å². The molecule has 0 saturated heterocycles. The number of nitrogens with one attached hydrogen (secondary N) is 1. The Morgan fingerprint density at radius 1 is 1.17 bits per heavy atom. The minimum Gasteiger partial charge on any atom is -0.497 e. The zero-order valence-corrected chi connectivity index (χ0v) is 14.3. The van der Waals surface area contributed by atoms with Crippen LogP contribution in [-0.4, -0.2) is 32.0 Å². The zero-order chi connectivity index (χ0) is 17.5. The van der Waals surface area contributed by atoms with Crippen molar-refractivity contribution in [2.24, 2.45) is 0 Å². The topological polar surface area (TPSA) is 58.6 Å². The van der Waals surface area contributed by atoms with Gasteiger partial charge in [0.05, 0.1) is 7.11 Å². The lowest BCUT2D eigenvalue weighted by Gasteiger charge is -2.22. The summed E-state index contributed by atoms with van der Waals surface area (Å²) in [4.78, 5) is 25.5. The van der Waals surface area contributed by atoms with Crippen molar-refractivity contribution in [3.05, 3.63) is 59.1 Å². The molecular formula is C18H19ClN2O3. The Morgan fingerprint density at radius 2 is 1.88 bits per heavy atom. The maximum atomic E-state index is 12.1. The monoisotopic (exact) mass is 346 g/mol. The van der Waals surface area contributed by atoms with E-state index in [0.29, 0.717) is 29.4 Å². The van der Waals surface area contributed by atoms with Crippen molar-refractivity contribution in [1.82, 2.24) is 5.32 Å². The molecular weight excluding hydrogens is 328 g/mol. The number of methoxy groups -OCH3 is 1. The Balaban J connectivity index is 1.97. The van der Waals surface area contributed by atoms with Gasteiger partial charge in [-0.3, -0.25) is 9.59 Å². The number of anilines is 1. The van der Waals surface area contributed by atoms with Gasteiger partial charge in [0, 0.05) is 42.4 Å². The summed E-state index contributed by atoms with van der Waals surface area (Å²) in [6.07, 6.45) is 0. The lowest BCUT2D eigenvalue weighted by Crippen LogP contribution is -2.37. The molecule has 0 atom stereocenters. The SMILES string of the molecule is COc1cccc(N(CCNC(=O)c2ccc(Cl)cc2)C(C)=O)c1. The zero-order valence-electron chi connectivity index (χ0n) is 13.6. The van der Waals surface area contributed by atoms with Crippen LogP contribution < -0.4 is 15.0 Å². The van der Waals surface area contributed by atoms with Crippen LogP contribution in [0.15, 0.2) is 48.5 Å². The standard InChI is InChI=1S/C18H19ClN2O3/c1-13(22)21(16-4-3-5-17(12-16)24-2)11-10-20-18(23)14-6-8-15(19)9-7-14/h3-9,12H,10-11H2,1-2H3,(H,20,23). The van der Waals surface area contributed by atoms with Gasteiger partial charge in [0.25, 0.3) is 5.91 Å². The van der Waals surface area contributed by atoms with E-state index in [1.807, 2.05) is 18.2 Å². The summed E-state index contributed by atoms with van der Waals surface area (Å²) < 4.78 is 5.18. The molecule has 24 heavy (non-hydrogen) atoms. The minimum atomic E-state index is -0.208. The molecule has 5 nitrogen and oxygen atoms in total. The lowest BCUT2D eigenvalue weighted by molar-refractivity contribution is -0.116. The molecule has 0 fully saturated rings. The number of hydrogen-bond donors (Lipinski definition) is 1. The number of ether oxygens (including phenoxy) is 1. The van der Waals surface area contributed by atoms with Gasteiger partial charge in [0.2, 0.25) is 5.91 Å². The van der Waals surface area contributed by atoms with Crippen LogP contribution in [0.4, 0.5) is 5.69 Å². The smallest absolute Gasteiger partial charge is 0.251 e. The summed E-state index contributed by atoms with van der Waals surface area (Å²) >= 11 is 5.80. The molecule has 2 aromatic carbocycles. The molecule has 0 spiro atoms. The summed E-state index contributed by atoms with van der Waals surface area (Å²) in [5.74, 6) is 0.355. The van der Waals surface area contributed by atoms with E-state index in [1.165, 1.54) is 6.92 Å². The van der Waals surface area contributed by atoms with E-state index >= 15 is 0 Å². The largest absolute Gasteiger partial charge is 0.497 e. The number of nitrogens with zero attached hydrogens (tertiary/aromatic N) is 1. The van der Waals surface area contributed by atoms with Crippen molar-refractivity contribution in [3.8, 4) is 5.75 Å². The van der Waals surface area contributed by atoms with Gasteiger partial charge in [-0.1, -0.05) is 17.7 Å². The third-order valence-electron chi connectivity index (χ3n) is 3.47. The lowest BCUT2D eigenvalue weighted by atomic mass is 10.2. The molecule has 0 aliphatic carbocycles. The van der Waals surface area contributed by atoms with Crippen molar-refractivity contribution in [2.75, 3.05) is 25.1 Å². The number of benzene rings is 2. The number of carbonyl (C=O) groups is 2. The van der Waals surface area contributed by atoms with E-state index in [2.05, 4.69) is 5.32 Å². The van der Waals surface area contributed by atoms with E-state index in [4.69, 9.17) is 16.3 Å². The van der Waals surface area contributed by atoms with Gasteiger partial charge in [-0.05, 0) is 36.4 Å². The van der Waals surface area contributed by atoms with Crippen LogP contribution in [0, 0.1) is 0 Å². The number of hydrogen-bond acceptors (Lipinski definition) is 3. The number of carbonyl (C=O) groups excluding carboxylic acids is 2. The second kappa shape index (κ2) is 8.36. The van der Waals surface area contributed by atoms with Gasteiger partial charge >= 0.3 is 0 Å². The first-order chi connectivity index (χ1) is 11.5. The summed E-state index contributed by atoms with van der Waals surface area (Å²) in [6.45, 7) is 2.18. The highest BCUT2D eigenvalue weighted by molar-refractivity contribution is 6.30. The first kappa shape index (κ1) is 17.8. The molecule has 0 saturated carbocycles. The number of rotatable bonds is 6. The Morgan fingerprint density at radius 3 is 2.50 bits per heavy atom. The van der Waals surface area contributed by atoms with Crippen LogP contribution >= 0.6 is 11.6 Å². The van der Waals surface area contributed by atoms with Crippen LogP contribution in [0.1, 0.15) is 17.3 Å². The third-order valence-corrected chi connectivity index (χ3v) is 3.72. The molecule has 0 radical (unpaired) electrons. The molecule has 0 aliphatic heterocycles. The summed E-state index contributed by atoms with van der Waals surface area (Å²) in [7, 11) is 1.57. The fourth-order valence-electron chi connectivity index (χ4n) is 2.23. The molecule has 126 valence electrons. The van der Waals surface area contributed by atoms with Crippen LogP contribution in [0.3, 0.4) is 0 Å². The van der Waals surface area contributed by atoms with Crippen LogP contribution in [0.5, 0.6) is 5.75 Å². The van der Waals surface area contributed by atoms with Crippen LogP contribution in [0.25, 0.3) is 0 Å². The second-order valence-corrected chi connectivity index (χ2v) is 5.57. The summed E-state index contributed by atoms with van der Waals surface area (Å²) in [6, 6.07) is 13.9. The first-order valence-corrected chi connectivity index (χ1v) is 7.85. The molecule has 0 unspecified atom stereocenters. The Hall–Kier alpha value is -2.53. The van der Waals surface area contributed by atoms with Crippen molar-refractivity contribution < 1.29 is 14.3 Å². The highest BCUT2D eigenvalue weighted by Crippen LogP contribution is 2.20. The van der Waals surface area contributed by atoms with Gasteiger partial charge < -0.3 is 15.0 Å². The normalized spacial score (nSPS) is 10.1. The first-order valence-electron chi connectivity index (χ1n) is 7.47. The van der Waals surface area contributed by atoms with Gasteiger partial charge in [-0.15, -0.1) is 0 Å². The van der Waals surface area contributed by atoms with E-state index in [-0.39, 0.29) is 11.8 Å². The molecule has 6 heteroatoms. The molecule has 2 aromatic rings. The summed E-state index contributed by atoms with van der Waals surface area (Å²) in [5, 5.41) is 3.37. The average Bonchev–Trinajstić information content (AvgIpc) is 2.58. The van der Waals surface area contributed by atoms with Gasteiger partial charge in [0.1, 0.15) is 5.75 Å². The fourth-order valence-corrected chi connectivity index (χ4v) is 2.36. The predicted molar refractivity (Wildman–Crippen MR) is 94.8 cm³/mol. The van der Waals surface area contributed by atoms with Crippen LogP contribution in [-0.2, 0) is 4.79 Å². The highest BCUT2D eigenvalue weighted by Gasteiger charge is 2.13. The molecule has 2 rings (SSSR count). The van der Waals surface area contributed by atoms with Crippen molar-refractivity contribution >= 4 is 29.1 Å². The van der Waals surface area contributed by atoms with E-state index < -0.39 is 0 Å². The van der Waals surface area contributed by atoms with Gasteiger partial charge in [0.15, 0.2) is 0 Å². The average molecular weight is 347 g/mol. The van der Waals surface area contributed by atoms with Gasteiger partial charge in [-0.2, -0.15) is 0 Å². The molecule has 2 amide bonds. The fraction of sp³-hybridized carbons (Fsp3) is 0.222. The van der Waals surface area contributed by atoms with E-state index in [0.717, 1.165) is 5.69 Å². The van der Waals surface area contributed by atoms with E-state index in [9.17, 15) is 9.59 Å². The molecule has 0 heterocycles. The minimum absolute atomic E-state index is 0.107. The highest BCUT2D eigenvalue weighted by atomic mass is 35.5. The molecule has 1 N–H and O–H groups in total. The maximum absolute atomic E-state index is 12.1. The molecule has 0 bridgehead atoms. The van der Waals surface area contributed by atoms with Gasteiger partial charge in [-0.25, -0.2) is 0 Å². The quantitative estimate of drug-likeness (QED) is 0.874. The third kappa shape index (κ3) is 4.73. The summed E-state index contributed by atoms with van der Waals surface area (Å²) in [5.41, 5.74) is 1.25. The van der Waals surface area contributed by atoms with Crippen molar-refractivity contribution in [1.29, 1.82) is 0 Å². The Bertz CT molecular complexity index is 716. The Kier molecular flexibility index (Phi) is 6.21. The Labute approximate surface area is 146 Å². The number of halogens is 1.